The Balaban J connectivity index is 0.00000112. The van der Waals surface area contributed by atoms with Crippen LogP contribution in [0.1, 0.15) is 5.56 Å². The Kier molecular flexibility index (Phi) is 8.57. The predicted octanol–water partition coefficient (Wildman–Crippen LogP) is 1.37. The van der Waals surface area contributed by atoms with Crippen LogP contribution in [0.2, 0.25) is 0 Å². The van der Waals surface area contributed by atoms with E-state index in [1.165, 1.54) is 25.2 Å². The summed E-state index contributed by atoms with van der Waals surface area (Å²) < 4.78 is 0. The summed E-state index contributed by atoms with van der Waals surface area (Å²) in [5.41, 5.74) is 1.39. The molecule has 3 nitrogen and oxygen atoms in total. The standard InChI is InChI=1S/C11H17N3.2ClH/c1-4-12-5-2-11(1)3-8-14-9-6-13-7-10-14;;/h1-2,4-5,13H,3,6-10H2;2*1H. The largest absolute Gasteiger partial charge is 0.314 e. The summed E-state index contributed by atoms with van der Waals surface area (Å²) in [6.45, 7) is 5.81. The van der Waals surface area contributed by atoms with Crippen LogP contribution in [0.15, 0.2) is 24.5 Å². The predicted molar refractivity (Wildman–Crippen MR) is 71.7 cm³/mol. The third kappa shape index (κ3) is 5.12. The number of aromatic nitrogens is 1. The summed E-state index contributed by atoms with van der Waals surface area (Å²) in [6.07, 6.45) is 4.88. The smallest absolute Gasteiger partial charge is 0.0270 e. The first-order valence-electron chi connectivity index (χ1n) is 5.27. The summed E-state index contributed by atoms with van der Waals surface area (Å²) in [5, 5.41) is 3.36. The average molecular weight is 264 g/mol. The van der Waals surface area contributed by atoms with E-state index >= 15 is 0 Å². The maximum Gasteiger partial charge on any atom is 0.0270 e. The SMILES string of the molecule is Cl.Cl.c1cc(CCN2CCNCC2)ccn1. The minimum atomic E-state index is 0. The van der Waals surface area contributed by atoms with Crippen LogP contribution in [-0.2, 0) is 6.42 Å². The van der Waals surface area contributed by atoms with Crippen LogP contribution in [0, 0.1) is 0 Å². The zero-order valence-electron chi connectivity index (χ0n) is 9.26. The summed E-state index contributed by atoms with van der Waals surface area (Å²) in [6, 6.07) is 4.20. The first-order valence-corrected chi connectivity index (χ1v) is 5.27. The maximum atomic E-state index is 4.02. The third-order valence-electron chi connectivity index (χ3n) is 2.68. The molecule has 1 N–H and O–H groups in total. The lowest BCUT2D eigenvalue weighted by Gasteiger charge is -2.27. The van der Waals surface area contributed by atoms with Crippen molar-refractivity contribution >= 4 is 24.8 Å². The lowest BCUT2D eigenvalue weighted by Crippen LogP contribution is -2.44. The Bertz CT molecular complexity index is 263. The second-order valence-corrected chi connectivity index (χ2v) is 3.70. The molecular formula is C11H19Cl2N3. The van der Waals surface area contributed by atoms with Gasteiger partial charge in [-0.15, -0.1) is 24.8 Å². The zero-order valence-corrected chi connectivity index (χ0v) is 10.9. The van der Waals surface area contributed by atoms with E-state index in [4.69, 9.17) is 0 Å². The molecule has 92 valence electrons. The highest BCUT2D eigenvalue weighted by Crippen LogP contribution is 2.00. The molecule has 1 aliphatic heterocycles. The Hall–Kier alpha value is -0.350. The topological polar surface area (TPSA) is 28.2 Å². The summed E-state index contributed by atoms with van der Waals surface area (Å²) in [7, 11) is 0. The van der Waals surface area contributed by atoms with Gasteiger partial charge in [-0.05, 0) is 24.1 Å². The normalized spacial score (nSPS) is 16.0. The molecule has 1 aromatic rings. The Morgan fingerprint density at radius 2 is 1.75 bits per heavy atom. The van der Waals surface area contributed by atoms with Crippen LogP contribution in [0.3, 0.4) is 0 Å². The van der Waals surface area contributed by atoms with E-state index in [1.807, 2.05) is 12.4 Å². The van der Waals surface area contributed by atoms with Crippen molar-refractivity contribution in [2.24, 2.45) is 0 Å². The average Bonchev–Trinajstić information content (AvgIpc) is 2.29. The fourth-order valence-electron chi connectivity index (χ4n) is 1.77. The molecule has 0 spiro atoms. The van der Waals surface area contributed by atoms with Gasteiger partial charge in [-0.2, -0.15) is 0 Å². The Morgan fingerprint density at radius 3 is 2.38 bits per heavy atom. The second kappa shape index (κ2) is 8.76. The highest BCUT2D eigenvalue weighted by atomic mass is 35.5. The van der Waals surface area contributed by atoms with Crippen LogP contribution in [-0.4, -0.2) is 42.6 Å². The van der Waals surface area contributed by atoms with E-state index in [1.54, 1.807) is 0 Å². The molecule has 2 heterocycles. The van der Waals surface area contributed by atoms with Crippen LogP contribution >= 0.6 is 24.8 Å². The van der Waals surface area contributed by atoms with E-state index in [-0.39, 0.29) is 24.8 Å². The Morgan fingerprint density at radius 1 is 1.12 bits per heavy atom. The molecule has 1 aliphatic rings. The molecule has 0 bridgehead atoms. The van der Waals surface area contributed by atoms with Crippen LogP contribution < -0.4 is 5.32 Å². The van der Waals surface area contributed by atoms with Gasteiger partial charge in [0.1, 0.15) is 0 Å². The number of pyridine rings is 1. The van der Waals surface area contributed by atoms with E-state index in [2.05, 4.69) is 27.3 Å². The Labute approximate surface area is 109 Å². The van der Waals surface area contributed by atoms with Gasteiger partial charge in [-0.25, -0.2) is 0 Å². The van der Waals surface area contributed by atoms with Crippen molar-refractivity contribution in [3.8, 4) is 0 Å². The van der Waals surface area contributed by atoms with E-state index in [0.717, 1.165) is 19.5 Å². The first-order chi connectivity index (χ1) is 6.95. The minimum Gasteiger partial charge on any atom is -0.314 e. The van der Waals surface area contributed by atoms with Crippen molar-refractivity contribution in [1.29, 1.82) is 0 Å². The van der Waals surface area contributed by atoms with Crippen molar-refractivity contribution in [1.82, 2.24) is 15.2 Å². The second-order valence-electron chi connectivity index (χ2n) is 3.70. The molecule has 5 heteroatoms. The monoisotopic (exact) mass is 263 g/mol. The van der Waals surface area contributed by atoms with Gasteiger partial charge in [-0.1, -0.05) is 0 Å². The molecule has 16 heavy (non-hydrogen) atoms. The van der Waals surface area contributed by atoms with Gasteiger partial charge in [0.05, 0.1) is 0 Å². The van der Waals surface area contributed by atoms with Crippen molar-refractivity contribution < 1.29 is 0 Å². The maximum absolute atomic E-state index is 4.02. The van der Waals surface area contributed by atoms with Gasteiger partial charge < -0.3 is 10.2 Å². The highest BCUT2D eigenvalue weighted by molar-refractivity contribution is 5.85. The van der Waals surface area contributed by atoms with Crippen LogP contribution in [0.5, 0.6) is 0 Å². The van der Waals surface area contributed by atoms with Crippen molar-refractivity contribution in [3.05, 3.63) is 30.1 Å². The molecule has 0 radical (unpaired) electrons. The molecule has 0 saturated carbocycles. The van der Waals surface area contributed by atoms with Gasteiger partial charge >= 0.3 is 0 Å². The number of hydrogen-bond donors (Lipinski definition) is 1. The molecule has 0 unspecified atom stereocenters. The van der Waals surface area contributed by atoms with Gasteiger partial charge in [-0.3, -0.25) is 4.98 Å². The van der Waals surface area contributed by atoms with Crippen LogP contribution in [0.4, 0.5) is 0 Å². The number of halogens is 2. The van der Waals surface area contributed by atoms with Crippen molar-refractivity contribution in [2.75, 3.05) is 32.7 Å². The molecule has 0 atom stereocenters. The molecule has 1 fully saturated rings. The summed E-state index contributed by atoms with van der Waals surface area (Å²) in [4.78, 5) is 6.53. The van der Waals surface area contributed by atoms with E-state index in [9.17, 15) is 0 Å². The molecule has 0 aliphatic carbocycles. The fraction of sp³-hybridized carbons (Fsp3) is 0.545. The van der Waals surface area contributed by atoms with Crippen molar-refractivity contribution in [2.45, 2.75) is 6.42 Å². The minimum absolute atomic E-state index is 0. The number of piperazine rings is 1. The molecule has 1 saturated heterocycles. The molecule has 1 aromatic heterocycles. The quantitative estimate of drug-likeness (QED) is 0.893. The number of nitrogens with zero attached hydrogens (tertiary/aromatic N) is 2. The number of hydrogen-bond acceptors (Lipinski definition) is 3. The fourth-order valence-corrected chi connectivity index (χ4v) is 1.77. The van der Waals surface area contributed by atoms with E-state index in [0.29, 0.717) is 0 Å². The lowest BCUT2D eigenvalue weighted by atomic mass is 10.2. The van der Waals surface area contributed by atoms with Crippen molar-refractivity contribution in [3.63, 3.8) is 0 Å². The van der Waals surface area contributed by atoms with Gasteiger partial charge in [0.25, 0.3) is 0 Å². The van der Waals surface area contributed by atoms with Gasteiger partial charge in [0, 0.05) is 45.1 Å². The zero-order chi connectivity index (χ0) is 9.64. The number of rotatable bonds is 3. The first kappa shape index (κ1) is 15.7. The van der Waals surface area contributed by atoms with Crippen LogP contribution in [0.25, 0.3) is 0 Å². The lowest BCUT2D eigenvalue weighted by molar-refractivity contribution is 0.244. The molecule has 0 amide bonds. The molecule has 2 rings (SSSR count). The number of nitrogens with one attached hydrogen (secondary N) is 1. The van der Waals surface area contributed by atoms with Gasteiger partial charge in [0.15, 0.2) is 0 Å². The molecule has 0 aromatic carbocycles. The highest BCUT2D eigenvalue weighted by Gasteiger charge is 2.08. The molecular weight excluding hydrogens is 245 g/mol. The van der Waals surface area contributed by atoms with Gasteiger partial charge in [0.2, 0.25) is 0 Å². The van der Waals surface area contributed by atoms with E-state index < -0.39 is 0 Å². The summed E-state index contributed by atoms with van der Waals surface area (Å²) >= 11 is 0. The summed E-state index contributed by atoms with van der Waals surface area (Å²) in [5.74, 6) is 0. The third-order valence-corrected chi connectivity index (χ3v) is 2.68.